The van der Waals surface area contributed by atoms with Crippen molar-refractivity contribution in [3.05, 3.63) is 101 Å². The summed E-state index contributed by atoms with van der Waals surface area (Å²) < 4.78 is 0. The smallest absolute Gasteiger partial charge is 0.335 e. The SMILES string of the molecule is O=C(O)c1ccc(C2c3[nH]c4ccccc4c3C[C@H]3C(=O)N(c4ccc(C(=O)O)cc4)C(=O)N23)cc1. The summed E-state index contributed by atoms with van der Waals surface area (Å²) in [5.74, 6) is -2.56. The topological polar surface area (TPSA) is 131 Å². The maximum atomic E-state index is 13.8. The summed E-state index contributed by atoms with van der Waals surface area (Å²) in [6.45, 7) is 0. The van der Waals surface area contributed by atoms with E-state index in [9.17, 15) is 29.4 Å². The second-order valence-corrected chi connectivity index (χ2v) is 8.83. The van der Waals surface area contributed by atoms with E-state index in [1.807, 2.05) is 24.3 Å². The number of aromatic amines is 1. The number of fused-ring (bicyclic) bond motifs is 4. The van der Waals surface area contributed by atoms with Gasteiger partial charge in [-0.15, -0.1) is 0 Å². The van der Waals surface area contributed by atoms with Gasteiger partial charge >= 0.3 is 18.0 Å². The van der Waals surface area contributed by atoms with E-state index >= 15 is 0 Å². The molecular weight excluding hydrogens is 462 g/mol. The molecule has 1 saturated heterocycles. The van der Waals surface area contributed by atoms with Crippen molar-refractivity contribution >= 4 is 40.5 Å². The van der Waals surface area contributed by atoms with Gasteiger partial charge < -0.3 is 15.2 Å². The van der Waals surface area contributed by atoms with Gasteiger partial charge in [0.05, 0.1) is 16.8 Å². The molecule has 2 atom stereocenters. The highest BCUT2D eigenvalue weighted by Crippen LogP contribution is 2.44. The number of rotatable bonds is 4. The summed E-state index contributed by atoms with van der Waals surface area (Å²) in [4.78, 5) is 56.0. The van der Waals surface area contributed by atoms with E-state index < -0.39 is 36.0 Å². The number of carboxylic acid groups (broad SMARTS) is 2. The van der Waals surface area contributed by atoms with Crippen LogP contribution in [0.4, 0.5) is 10.5 Å². The fraction of sp³-hybridized carbons (Fsp3) is 0.111. The van der Waals surface area contributed by atoms with E-state index in [0.717, 1.165) is 27.1 Å². The van der Waals surface area contributed by atoms with Crippen LogP contribution in [0, 0.1) is 0 Å². The normalized spacial score (nSPS) is 18.9. The minimum atomic E-state index is -1.10. The maximum absolute atomic E-state index is 13.8. The van der Waals surface area contributed by atoms with Crippen molar-refractivity contribution in [1.29, 1.82) is 0 Å². The predicted molar refractivity (Wildman–Crippen MR) is 129 cm³/mol. The number of nitrogens with zero attached hydrogens (tertiary/aromatic N) is 2. The molecule has 3 aromatic carbocycles. The third kappa shape index (κ3) is 3.09. The van der Waals surface area contributed by atoms with Crippen LogP contribution < -0.4 is 4.90 Å². The molecule has 0 saturated carbocycles. The lowest BCUT2D eigenvalue weighted by molar-refractivity contribution is -0.120. The number of nitrogens with one attached hydrogen (secondary N) is 1. The van der Waals surface area contributed by atoms with E-state index in [0.29, 0.717) is 12.0 Å². The van der Waals surface area contributed by atoms with Crippen molar-refractivity contribution in [3.8, 4) is 0 Å². The van der Waals surface area contributed by atoms with Crippen LogP contribution in [0.3, 0.4) is 0 Å². The number of hydrogen-bond donors (Lipinski definition) is 3. The molecule has 1 fully saturated rings. The number of benzene rings is 3. The minimum Gasteiger partial charge on any atom is -0.478 e. The highest BCUT2D eigenvalue weighted by atomic mass is 16.4. The Hall–Kier alpha value is -4.92. The Kier molecular flexibility index (Phi) is 4.68. The Labute approximate surface area is 204 Å². The van der Waals surface area contributed by atoms with Crippen LogP contribution in [-0.2, 0) is 11.2 Å². The Morgan fingerprint density at radius 3 is 2.08 bits per heavy atom. The standard InChI is InChI=1S/C27H19N3O6/c31-24-21-13-19-18-3-1-2-4-20(18)28-22(19)23(14-5-7-15(8-6-14)25(32)33)30(21)27(36)29(24)17-11-9-16(10-12-17)26(34)35/h1-12,21,23,28H,13H2,(H,32,33)(H,34,35)/t21-,23?/m0/s1. The molecule has 1 aromatic heterocycles. The highest BCUT2D eigenvalue weighted by Gasteiger charge is 2.53. The number of carbonyl (C=O) groups excluding carboxylic acids is 2. The second kappa shape index (κ2) is 7.81. The van der Waals surface area contributed by atoms with Gasteiger partial charge in [0, 0.05) is 23.0 Å². The van der Waals surface area contributed by atoms with Gasteiger partial charge in [-0.25, -0.2) is 19.3 Å². The molecule has 6 rings (SSSR count). The second-order valence-electron chi connectivity index (χ2n) is 8.83. The molecule has 4 aromatic rings. The molecule has 0 aliphatic carbocycles. The Balaban J connectivity index is 1.49. The molecule has 1 unspecified atom stereocenters. The quantitative estimate of drug-likeness (QED) is 0.377. The van der Waals surface area contributed by atoms with Gasteiger partial charge in [-0.3, -0.25) is 9.69 Å². The fourth-order valence-corrected chi connectivity index (χ4v) is 5.22. The number of carboxylic acids is 2. The summed E-state index contributed by atoms with van der Waals surface area (Å²) in [5, 5.41) is 19.5. The van der Waals surface area contributed by atoms with Crippen LogP contribution in [-0.4, -0.2) is 50.0 Å². The van der Waals surface area contributed by atoms with E-state index in [-0.39, 0.29) is 16.8 Å². The van der Waals surface area contributed by atoms with Gasteiger partial charge in [0.1, 0.15) is 12.1 Å². The average Bonchev–Trinajstić information content (AvgIpc) is 3.37. The first-order valence-corrected chi connectivity index (χ1v) is 11.3. The molecule has 0 radical (unpaired) electrons. The number of urea groups is 1. The average molecular weight is 481 g/mol. The lowest BCUT2D eigenvalue weighted by atomic mass is 9.88. The van der Waals surface area contributed by atoms with Crippen molar-refractivity contribution in [2.45, 2.75) is 18.5 Å². The first kappa shape index (κ1) is 21.6. The van der Waals surface area contributed by atoms with Gasteiger partial charge in [0.25, 0.3) is 5.91 Å². The zero-order valence-corrected chi connectivity index (χ0v) is 18.7. The molecule has 3 N–H and O–H groups in total. The van der Waals surface area contributed by atoms with Crippen LogP contribution in [0.2, 0.25) is 0 Å². The van der Waals surface area contributed by atoms with Crippen LogP contribution in [0.15, 0.2) is 72.8 Å². The summed E-state index contributed by atoms with van der Waals surface area (Å²) in [5.41, 5.74) is 3.72. The number of anilines is 1. The first-order chi connectivity index (χ1) is 17.3. The third-order valence-corrected chi connectivity index (χ3v) is 6.89. The molecule has 2 aliphatic heterocycles. The molecule has 0 spiro atoms. The molecule has 178 valence electrons. The van der Waals surface area contributed by atoms with Crippen molar-refractivity contribution < 1.29 is 29.4 Å². The van der Waals surface area contributed by atoms with Crippen molar-refractivity contribution in [2.24, 2.45) is 0 Å². The molecule has 0 bridgehead atoms. The summed E-state index contributed by atoms with van der Waals surface area (Å²) in [6.07, 6.45) is 0.317. The number of amides is 3. The summed E-state index contributed by atoms with van der Waals surface area (Å²) in [6, 6.07) is 17.7. The molecule has 3 heterocycles. The van der Waals surface area contributed by atoms with E-state index in [1.165, 1.54) is 41.3 Å². The largest absolute Gasteiger partial charge is 0.478 e. The number of aromatic carboxylic acids is 2. The highest BCUT2D eigenvalue weighted by molar-refractivity contribution is 6.22. The van der Waals surface area contributed by atoms with Crippen LogP contribution in [0.1, 0.15) is 43.6 Å². The molecule has 9 nitrogen and oxygen atoms in total. The van der Waals surface area contributed by atoms with Crippen LogP contribution in [0.25, 0.3) is 10.9 Å². The zero-order valence-electron chi connectivity index (χ0n) is 18.7. The minimum absolute atomic E-state index is 0.0495. The lowest BCUT2D eigenvalue weighted by Crippen LogP contribution is -2.44. The number of para-hydroxylation sites is 1. The summed E-state index contributed by atoms with van der Waals surface area (Å²) >= 11 is 0. The Morgan fingerprint density at radius 1 is 0.833 bits per heavy atom. The van der Waals surface area contributed by atoms with Crippen LogP contribution in [0.5, 0.6) is 0 Å². The van der Waals surface area contributed by atoms with Crippen molar-refractivity contribution in [2.75, 3.05) is 4.90 Å². The number of carbonyl (C=O) groups is 4. The summed E-state index contributed by atoms with van der Waals surface area (Å²) in [7, 11) is 0. The number of aromatic nitrogens is 1. The molecular formula is C27H19N3O6. The van der Waals surface area contributed by atoms with Crippen LogP contribution >= 0.6 is 0 Å². The van der Waals surface area contributed by atoms with Crippen molar-refractivity contribution in [1.82, 2.24) is 9.88 Å². The number of imide groups is 1. The Morgan fingerprint density at radius 2 is 1.44 bits per heavy atom. The fourth-order valence-electron chi connectivity index (χ4n) is 5.22. The molecule has 2 aliphatic rings. The molecule has 9 heteroatoms. The zero-order chi connectivity index (χ0) is 25.1. The van der Waals surface area contributed by atoms with E-state index in [2.05, 4.69) is 4.98 Å². The van der Waals surface area contributed by atoms with Gasteiger partial charge in [0.2, 0.25) is 0 Å². The number of H-pyrrole nitrogens is 1. The van der Waals surface area contributed by atoms with E-state index in [1.54, 1.807) is 12.1 Å². The number of hydrogen-bond acceptors (Lipinski definition) is 4. The van der Waals surface area contributed by atoms with E-state index in [4.69, 9.17) is 0 Å². The molecule has 36 heavy (non-hydrogen) atoms. The van der Waals surface area contributed by atoms with Crippen molar-refractivity contribution in [3.63, 3.8) is 0 Å². The maximum Gasteiger partial charge on any atom is 0.335 e. The predicted octanol–water partition coefficient (Wildman–Crippen LogP) is 4.05. The first-order valence-electron chi connectivity index (χ1n) is 11.3. The van der Waals surface area contributed by atoms with Gasteiger partial charge in [-0.05, 0) is 53.6 Å². The van der Waals surface area contributed by atoms with Gasteiger partial charge in [-0.2, -0.15) is 0 Å². The monoisotopic (exact) mass is 481 g/mol. The van der Waals surface area contributed by atoms with Gasteiger partial charge in [0.15, 0.2) is 0 Å². The van der Waals surface area contributed by atoms with Gasteiger partial charge in [-0.1, -0.05) is 30.3 Å². The molecule has 3 amide bonds. The Bertz CT molecular complexity index is 1570. The third-order valence-electron chi connectivity index (χ3n) is 6.89. The lowest BCUT2D eigenvalue weighted by Gasteiger charge is -2.36.